The Morgan fingerprint density at radius 2 is 1.17 bits per heavy atom. The smallest absolute Gasteiger partial charge is 0.138 e. The summed E-state index contributed by atoms with van der Waals surface area (Å²) in [5.74, 6) is 1.29. The van der Waals surface area contributed by atoms with Crippen molar-refractivity contribution >= 4 is 47.2 Å². The fraction of sp³-hybridized carbons (Fsp3) is 0.600. The zero-order valence-corrected chi connectivity index (χ0v) is 28.0. The molecule has 2 fully saturated rings. The molecule has 41 heavy (non-hydrogen) atoms. The van der Waals surface area contributed by atoms with Crippen LogP contribution in [-0.2, 0) is 20.4 Å². The molecule has 2 aromatic rings. The number of halogens is 3. The highest BCUT2D eigenvalue weighted by Crippen LogP contribution is 2.36. The Balaban J connectivity index is 0.000000281. The number of hydrogen-bond donors (Lipinski definition) is 0. The number of piperidine rings is 1. The van der Waals surface area contributed by atoms with Gasteiger partial charge in [-0.05, 0) is 72.9 Å². The minimum atomic E-state index is -0.204. The molecule has 1 heterocycles. The van der Waals surface area contributed by atoms with E-state index in [1.165, 1.54) is 19.3 Å². The third-order valence-electron chi connectivity index (χ3n) is 8.91. The predicted octanol–water partition coefficient (Wildman–Crippen LogP) is 9.89. The van der Waals surface area contributed by atoms with Gasteiger partial charge in [0.1, 0.15) is 11.6 Å². The van der Waals surface area contributed by atoms with Crippen molar-refractivity contribution in [1.29, 1.82) is 0 Å². The molecule has 3 nitrogen and oxygen atoms in total. The van der Waals surface area contributed by atoms with E-state index in [4.69, 9.17) is 23.2 Å². The number of carbonyl (C=O) groups excluding carboxylic acids is 2. The van der Waals surface area contributed by atoms with Crippen LogP contribution in [0.15, 0.2) is 48.5 Å². The van der Waals surface area contributed by atoms with Crippen LogP contribution in [0.2, 0.25) is 10.0 Å². The maximum atomic E-state index is 12.7. The van der Waals surface area contributed by atoms with Gasteiger partial charge in [-0.3, -0.25) is 9.59 Å². The number of nitrogens with zero attached hydrogens (tertiary/aromatic N) is 1. The Kier molecular flexibility index (Phi) is 14.4. The van der Waals surface area contributed by atoms with Crippen molar-refractivity contribution < 1.29 is 9.59 Å². The second kappa shape index (κ2) is 16.5. The first-order chi connectivity index (χ1) is 18.9. The SMILES string of the molecule is CC(C)(CC(=O)C1CCCCC1)c1ccccc1Cl.CCN1CCC[C@H](C(=O)CC(C)(C)c2ccccc2Cl)C1.Cl. The molecule has 1 aliphatic heterocycles. The van der Waals surface area contributed by atoms with E-state index >= 15 is 0 Å². The Morgan fingerprint density at radius 3 is 1.63 bits per heavy atom. The van der Waals surface area contributed by atoms with E-state index in [2.05, 4.69) is 39.5 Å². The maximum Gasteiger partial charge on any atom is 0.138 e. The van der Waals surface area contributed by atoms with E-state index in [-0.39, 0.29) is 35.1 Å². The molecule has 0 N–H and O–H groups in total. The Labute approximate surface area is 265 Å². The second-order valence-electron chi connectivity index (χ2n) is 13.1. The van der Waals surface area contributed by atoms with Gasteiger partial charge in [-0.15, -0.1) is 12.4 Å². The van der Waals surface area contributed by atoms with Crippen LogP contribution >= 0.6 is 35.6 Å². The molecule has 1 saturated heterocycles. The van der Waals surface area contributed by atoms with Crippen molar-refractivity contribution in [3.05, 3.63) is 69.7 Å². The van der Waals surface area contributed by atoms with Gasteiger partial charge in [0.2, 0.25) is 0 Å². The number of ketones is 2. The fourth-order valence-corrected chi connectivity index (χ4v) is 7.18. The minimum absolute atomic E-state index is 0. The molecule has 2 aliphatic rings. The average Bonchev–Trinajstić information content (AvgIpc) is 2.93. The van der Waals surface area contributed by atoms with Gasteiger partial charge in [-0.2, -0.15) is 0 Å². The summed E-state index contributed by atoms with van der Waals surface area (Å²) < 4.78 is 0. The van der Waals surface area contributed by atoms with Crippen molar-refractivity contribution in [1.82, 2.24) is 4.90 Å². The number of hydrogen-bond acceptors (Lipinski definition) is 3. The highest BCUT2D eigenvalue weighted by molar-refractivity contribution is 6.31. The molecule has 228 valence electrons. The Hall–Kier alpha value is -1.39. The third kappa shape index (κ3) is 10.4. The lowest BCUT2D eigenvalue weighted by atomic mass is 9.75. The van der Waals surface area contributed by atoms with Gasteiger partial charge in [-0.1, -0.05) is 113 Å². The summed E-state index contributed by atoms with van der Waals surface area (Å²) in [6.45, 7) is 13.7. The van der Waals surface area contributed by atoms with E-state index in [0.717, 1.165) is 66.5 Å². The number of likely N-dealkylation sites (tertiary alicyclic amines) is 1. The van der Waals surface area contributed by atoms with Crippen LogP contribution in [0.25, 0.3) is 0 Å². The second-order valence-corrected chi connectivity index (χ2v) is 13.9. The van der Waals surface area contributed by atoms with Gasteiger partial charge in [0, 0.05) is 41.3 Å². The quantitative estimate of drug-likeness (QED) is 0.279. The van der Waals surface area contributed by atoms with Gasteiger partial charge in [0.05, 0.1) is 0 Å². The zero-order valence-electron chi connectivity index (χ0n) is 25.7. The molecule has 0 bridgehead atoms. The summed E-state index contributed by atoms with van der Waals surface area (Å²) in [6.07, 6.45) is 9.21. The molecule has 0 unspecified atom stereocenters. The minimum Gasteiger partial charge on any atom is -0.303 e. The molecule has 0 radical (unpaired) electrons. The van der Waals surface area contributed by atoms with E-state index < -0.39 is 0 Å². The van der Waals surface area contributed by atoms with Crippen LogP contribution in [0.1, 0.15) is 104 Å². The summed E-state index contributed by atoms with van der Waals surface area (Å²) in [6, 6.07) is 15.7. The molecule has 1 atom stereocenters. The predicted molar refractivity (Wildman–Crippen MR) is 177 cm³/mol. The molecule has 4 rings (SSSR count). The van der Waals surface area contributed by atoms with E-state index in [0.29, 0.717) is 24.4 Å². The van der Waals surface area contributed by atoms with E-state index in [1.807, 2.05) is 48.5 Å². The molecular weight excluding hydrogens is 573 g/mol. The van der Waals surface area contributed by atoms with Gasteiger partial charge in [0.25, 0.3) is 0 Å². The molecule has 2 aromatic carbocycles. The molecular formula is C35H50Cl3NO2. The number of benzene rings is 2. The van der Waals surface area contributed by atoms with Gasteiger partial charge >= 0.3 is 0 Å². The van der Waals surface area contributed by atoms with Gasteiger partial charge in [-0.25, -0.2) is 0 Å². The zero-order chi connectivity index (χ0) is 29.3. The summed E-state index contributed by atoms with van der Waals surface area (Å²) >= 11 is 12.6. The summed E-state index contributed by atoms with van der Waals surface area (Å²) in [7, 11) is 0. The Morgan fingerprint density at radius 1 is 0.732 bits per heavy atom. The number of rotatable bonds is 9. The van der Waals surface area contributed by atoms with Crippen molar-refractivity contribution in [2.45, 2.75) is 103 Å². The van der Waals surface area contributed by atoms with Crippen molar-refractivity contribution in [2.75, 3.05) is 19.6 Å². The summed E-state index contributed by atoms with van der Waals surface area (Å²) in [5.41, 5.74) is 1.78. The first-order valence-electron chi connectivity index (χ1n) is 15.2. The maximum absolute atomic E-state index is 12.7. The van der Waals surface area contributed by atoms with Crippen LogP contribution in [-0.4, -0.2) is 36.1 Å². The first kappa shape index (κ1) is 35.8. The van der Waals surface area contributed by atoms with Crippen molar-refractivity contribution in [3.63, 3.8) is 0 Å². The van der Waals surface area contributed by atoms with Crippen molar-refractivity contribution in [2.24, 2.45) is 11.8 Å². The molecule has 0 amide bonds. The largest absolute Gasteiger partial charge is 0.303 e. The van der Waals surface area contributed by atoms with Crippen LogP contribution in [0.3, 0.4) is 0 Å². The lowest BCUT2D eigenvalue weighted by molar-refractivity contribution is -0.126. The molecule has 1 saturated carbocycles. The molecule has 1 aliphatic carbocycles. The van der Waals surface area contributed by atoms with Gasteiger partial charge in [0.15, 0.2) is 0 Å². The lowest BCUT2D eigenvalue weighted by Gasteiger charge is -2.33. The molecule has 6 heteroatoms. The molecule has 0 spiro atoms. The average molecular weight is 623 g/mol. The van der Waals surface area contributed by atoms with E-state index in [1.54, 1.807) is 0 Å². The standard InChI is InChI=1S/C18H26ClNO.C17H23ClO.ClH/c1-4-20-11-7-8-14(13-20)17(21)12-18(2,3)15-9-5-6-10-16(15)19;1-17(2,14-10-6-7-11-15(14)18)12-16(19)13-8-4-3-5-9-13;/h5-6,9-10,14H,4,7-8,11-13H2,1-3H3;6-7,10-11,13H,3-5,8-9,12H2,1-2H3;1H/t14-;;/m0../s1. The van der Waals surface area contributed by atoms with Gasteiger partial charge < -0.3 is 4.90 Å². The monoisotopic (exact) mass is 621 g/mol. The highest BCUT2D eigenvalue weighted by atomic mass is 35.5. The molecule has 0 aromatic heterocycles. The lowest BCUT2D eigenvalue weighted by Crippen LogP contribution is -2.40. The van der Waals surface area contributed by atoms with Crippen molar-refractivity contribution in [3.8, 4) is 0 Å². The number of carbonyl (C=O) groups is 2. The summed E-state index contributed by atoms with van der Waals surface area (Å²) in [4.78, 5) is 27.5. The normalized spacial score (nSPS) is 18.6. The van der Waals surface area contributed by atoms with Crippen LogP contribution in [0.5, 0.6) is 0 Å². The number of Topliss-reactive ketones (excluding diaryl/α,β-unsaturated/α-hetero) is 2. The highest BCUT2D eigenvalue weighted by Gasteiger charge is 2.32. The van der Waals surface area contributed by atoms with Crippen LogP contribution in [0, 0.1) is 11.8 Å². The Bertz CT molecular complexity index is 1120. The summed E-state index contributed by atoms with van der Waals surface area (Å²) in [5, 5.41) is 1.53. The third-order valence-corrected chi connectivity index (χ3v) is 9.57. The fourth-order valence-electron chi connectivity index (χ4n) is 6.40. The van der Waals surface area contributed by atoms with Crippen LogP contribution < -0.4 is 0 Å². The van der Waals surface area contributed by atoms with Crippen LogP contribution in [0.4, 0.5) is 0 Å². The van der Waals surface area contributed by atoms with E-state index in [9.17, 15) is 9.59 Å². The topological polar surface area (TPSA) is 37.4 Å². The first-order valence-corrected chi connectivity index (χ1v) is 16.0.